The second kappa shape index (κ2) is 45.8. The van der Waals surface area contributed by atoms with Crippen LogP contribution in [-0.2, 0) is 23.7 Å². The van der Waals surface area contributed by atoms with E-state index in [-0.39, 0.29) is 25.6 Å². The summed E-state index contributed by atoms with van der Waals surface area (Å²) in [5, 5.41) is 40.2. The molecule has 4 N–H and O–H groups in total. The molecule has 0 aromatic rings. The highest BCUT2D eigenvalue weighted by Gasteiger charge is 2.44. The van der Waals surface area contributed by atoms with Crippen LogP contribution in [0.2, 0.25) is 0 Å². The number of allylic oxidation sites excluding steroid dienone is 12. The Bertz CT molecular complexity index is 1210. The fraction of sp³-hybridized carbons (Fsp3) is 0.764. The van der Waals surface area contributed by atoms with Gasteiger partial charge in [-0.1, -0.05) is 189 Å². The Morgan fingerprint density at radius 1 is 0.516 bits per heavy atom. The molecule has 6 unspecified atom stereocenters. The third-order valence-electron chi connectivity index (χ3n) is 11.6. The Kier molecular flexibility index (Phi) is 42.7. The van der Waals surface area contributed by atoms with Gasteiger partial charge in [0.2, 0.25) is 0 Å². The second-order valence-corrected chi connectivity index (χ2v) is 17.6. The maximum absolute atomic E-state index is 12.8. The molecule has 1 aliphatic rings. The number of aliphatic hydroxyl groups is 4. The maximum atomic E-state index is 12.8. The first-order valence-electron chi connectivity index (χ1n) is 26.0. The predicted octanol–water partition coefficient (Wildman–Crippen LogP) is 12.8. The molecule has 1 rings (SSSR count). The fourth-order valence-corrected chi connectivity index (χ4v) is 7.57. The lowest BCUT2D eigenvalue weighted by atomic mass is 9.99. The summed E-state index contributed by atoms with van der Waals surface area (Å²) in [4.78, 5) is 12.8. The van der Waals surface area contributed by atoms with Gasteiger partial charge in [0.1, 0.15) is 30.5 Å². The molecule has 370 valence electrons. The van der Waals surface area contributed by atoms with Crippen LogP contribution in [0.4, 0.5) is 0 Å². The molecule has 0 radical (unpaired) electrons. The highest BCUT2D eigenvalue weighted by atomic mass is 16.7. The Morgan fingerprint density at radius 2 is 0.953 bits per heavy atom. The van der Waals surface area contributed by atoms with Gasteiger partial charge in [0.05, 0.1) is 19.8 Å². The van der Waals surface area contributed by atoms with Crippen LogP contribution in [0.25, 0.3) is 0 Å². The van der Waals surface area contributed by atoms with Crippen molar-refractivity contribution in [1.82, 2.24) is 0 Å². The van der Waals surface area contributed by atoms with E-state index in [1.165, 1.54) is 122 Å². The monoisotopic (exact) mass is 901 g/mol. The van der Waals surface area contributed by atoms with E-state index in [4.69, 9.17) is 18.9 Å². The van der Waals surface area contributed by atoms with Crippen molar-refractivity contribution in [2.24, 2.45) is 0 Å². The van der Waals surface area contributed by atoms with Crippen molar-refractivity contribution in [3.63, 3.8) is 0 Å². The Balaban J connectivity index is 2.18. The predicted molar refractivity (Wildman–Crippen MR) is 265 cm³/mol. The van der Waals surface area contributed by atoms with E-state index in [0.29, 0.717) is 13.0 Å². The lowest BCUT2D eigenvalue weighted by Gasteiger charge is -2.39. The summed E-state index contributed by atoms with van der Waals surface area (Å²) in [6, 6.07) is 0. The number of esters is 1. The average molecular weight is 901 g/mol. The van der Waals surface area contributed by atoms with Crippen molar-refractivity contribution in [1.29, 1.82) is 0 Å². The Labute approximate surface area is 391 Å². The first-order chi connectivity index (χ1) is 31.4. The van der Waals surface area contributed by atoms with Gasteiger partial charge in [-0.05, 0) is 83.5 Å². The summed E-state index contributed by atoms with van der Waals surface area (Å²) in [5.41, 5.74) is 0. The van der Waals surface area contributed by atoms with E-state index in [0.717, 1.165) is 57.8 Å². The molecular weight excluding hydrogens is 805 g/mol. The topological polar surface area (TPSA) is 135 Å². The summed E-state index contributed by atoms with van der Waals surface area (Å²) in [6.07, 6.45) is 53.8. The van der Waals surface area contributed by atoms with E-state index < -0.39 is 43.4 Å². The highest BCUT2D eigenvalue weighted by Crippen LogP contribution is 2.23. The Hall–Kier alpha value is -2.37. The van der Waals surface area contributed by atoms with Crippen LogP contribution < -0.4 is 0 Å². The van der Waals surface area contributed by atoms with Gasteiger partial charge >= 0.3 is 5.97 Å². The summed E-state index contributed by atoms with van der Waals surface area (Å²) in [5.74, 6) is -0.354. The zero-order valence-corrected chi connectivity index (χ0v) is 40.8. The van der Waals surface area contributed by atoms with Crippen LogP contribution in [-0.4, -0.2) is 89.6 Å². The minimum Gasteiger partial charge on any atom is -0.457 e. The van der Waals surface area contributed by atoms with Gasteiger partial charge in [-0.25, -0.2) is 0 Å². The maximum Gasteiger partial charge on any atom is 0.306 e. The van der Waals surface area contributed by atoms with Gasteiger partial charge in [0, 0.05) is 13.0 Å². The molecule has 0 saturated carbocycles. The number of rotatable bonds is 44. The van der Waals surface area contributed by atoms with Crippen LogP contribution in [0.15, 0.2) is 72.9 Å². The smallest absolute Gasteiger partial charge is 0.306 e. The summed E-state index contributed by atoms with van der Waals surface area (Å²) < 4.78 is 22.8. The molecule has 1 saturated heterocycles. The molecule has 1 fully saturated rings. The van der Waals surface area contributed by atoms with Gasteiger partial charge in [-0.3, -0.25) is 4.79 Å². The van der Waals surface area contributed by atoms with Crippen molar-refractivity contribution in [2.45, 2.75) is 243 Å². The summed E-state index contributed by atoms with van der Waals surface area (Å²) in [6.45, 7) is 4.39. The van der Waals surface area contributed by atoms with Gasteiger partial charge < -0.3 is 39.4 Å². The van der Waals surface area contributed by atoms with Crippen LogP contribution in [0, 0.1) is 0 Å². The van der Waals surface area contributed by atoms with Crippen molar-refractivity contribution in [3.8, 4) is 0 Å². The standard InChI is InChI=1S/C55H96O9/c1-3-5-7-9-11-13-15-17-19-20-21-22-23-24-25-26-27-28-29-31-33-35-37-39-41-43-45-61-47-49(48-62-55-54(60)53(59)52(58)50(46-56)64-55)63-51(57)44-42-40-38-36-34-32-30-18-16-14-12-10-8-6-4-2/h6,8,12,14-15,17-18,20-21,30,34,36,49-50,52-56,58-60H,3-5,7,9-11,13,16,19,22-29,31-33,35,37-48H2,1-2H3/b8-6-,14-12-,17-15-,21-20-,30-18-,36-34-. The lowest BCUT2D eigenvalue weighted by Crippen LogP contribution is -2.59. The highest BCUT2D eigenvalue weighted by molar-refractivity contribution is 5.69. The number of unbranched alkanes of at least 4 members (excludes halogenated alkanes) is 21. The van der Waals surface area contributed by atoms with Gasteiger partial charge in [-0.2, -0.15) is 0 Å². The number of aliphatic hydroxyl groups excluding tert-OH is 4. The quantitative estimate of drug-likeness (QED) is 0.0268. The molecular formula is C55H96O9. The van der Waals surface area contributed by atoms with Crippen LogP contribution >= 0.6 is 0 Å². The normalized spacial score (nSPS) is 20.1. The molecule has 0 aromatic heterocycles. The van der Waals surface area contributed by atoms with E-state index in [1.807, 2.05) is 0 Å². The molecule has 0 aromatic carbocycles. The number of hydrogen-bond donors (Lipinski definition) is 4. The summed E-state index contributed by atoms with van der Waals surface area (Å²) >= 11 is 0. The van der Waals surface area contributed by atoms with Crippen LogP contribution in [0.3, 0.4) is 0 Å². The van der Waals surface area contributed by atoms with Crippen molar-refractivity contribution < 1.29 is 44.2 Å². The minimum absolute atomic E-state index is 0.125. The minimum atomic E-state index is -1.55. The third-order valence-corrected chi connectivity index (χ3v) is 11.6. The fourth-order valence-electron chi connectivity index (χ4n) is 7.57. The summed E-state index contributed by atoms with van der Waals surface area (Å²) in [7, 11) is 0. The first kappa shape index (κ1) is 59.6. The zero-order chi connectivity index (χ0) is 46.4. The molecule has 1 aliphatic heterocycles. The third kappa shape index (κ3) is 35.8. The number of carbonyl (C=O) groups excluding carboxylic acids is 1. The largest absolute Gasteiger partial charge is 0.457 e. The number of carbonyl (C=O) groups is 1. The first-order valence-corrected chi connectivity index (χ1v) is 26.0. The van der Waals surface area contributed by atoms with E-state index in [1.54, 1.807) is 0 Å². The molecule has 9 nitrogen and oxygen atoms in total. The lowest BCUT2D eigenvalue weighted by molar-refractivity contribution is -0.305. The Morgan fingerprint density at radius 3 is 1.44 bits per heavy atom. The van der Waals surface area contributed by atoms with E-state index in [2.05, 4.69) is 86.8 Å². The molecule has 0 amide bonds. The number of ether oxygens (including phenoxy) is 4. The number of hydrogen-bond acceptors (Lipinski definition) is 9. The van der Waals surface area contributed by atoms with Crippen LogP contribution in [0.1, 0.15) is 206 Å². The molecule has 0 bridgehead atoms. The molecule has 64 heavy (non-hydrogen) atoms. The van der Waals surface area contributed by atoms with E-state index in [9.17, 15) is 25.2 Å². The molecule has 0 spiro atoms. The van der Waals surface area contributed by atoms with Crippen molar-refractivity contribution in [3.05, 3.63) is 72.9 Å². The van der Waals surface area contributed by atoms with Crippen molar-refractivity contribution >= 4 is 5.97 Å². The zero-order valence-electron chi connectivity index (χ0n) is 40.8. The molecule has 9 heteroatoms. The van der Waals surface area contributed by atoms with Crippen LogP contribution in [0.5, 0.6) is 0 Å². The molecule has 6 atom stereocenters. The SMILES string of the molecule is CC/C=C\C/C=C\C/C=C\C/C=C\CCCCC(=O)OC(COCCCCCCCCCCCCCCCC/C=C\C/C=C\CCCCCCC)COC1OC(CO)C(O)C(O)C1O. The van der Waals surface area contributed by atoms with Gasteiger partial charge in [0.25, 0.3) is 0 Å². The average Bonchev–Trinajstić information content (AvgIpc) is 3.30. The van der Waals surface area contributed by atoms with E-state index >= 15 is 0 Å². The second-order valence-electron chi connectivity index (χ2n) is 17.6. The van der Waals surface area contributed by atoms with Gasteiger partial charge in [0.15, 0.2) is 6.29 Å². The molecule has 1 heterocycles. The molecule has 0 aliphatic carbocycles. The van der Waals surface area contributed by atoms with Gasteiger partial charge in [-0.15, -0.1) is 0 Å². The van der Waals surface area contributed by atoms with Crippen molar-refractivity contribution in [2.75, 3.05) is 26.4 Å².